The summed E-state index contributed by atoms with van der Waals surface area (Å²) >= 11 is 0. The van der Waals surface area contributed by atoms with Crippen LogP contribution in [0.5, 0.6) is 0 Å². The molecule has 2 aromatic heterocycles. The molecule has 0 radical (unpaired) electrons. The predicted molar refractivity (Wildman–Crippen MR) is 224 cm³/mol. The second kappa shape index (κ2) is 17.9. The van der Waals surface area contributed by atoms with Gasteiger partial charge >= 0.3 is 6.09 Å². The summed E-state index contributed by atoms with van der Waals surface area (Å²) < 4.78 is 4.84. The molecule has 2 aliphatic heterocycles. The van der Waals surface area contributed by atoms with E-state index in [-0.39, 0.29) is 35.9 Å². The van der Waals surface area contributed by atoms with Gasteiger partial charge in [-0.3, -0.25) is 9.59 Å². The van der Waals surface area contributed by atoms with Crippen LogP contribution in [0.15, 0.2) is 60.9 Å². The third-order valence-corrected chi connectivity index (χ3v) is 13.6. The monoisotopic (exact) mass is 788 g/mol. The minimum absolute atomic E-state index is 0.0104. The maximum absolute atomic E-state index is 13.9. The molecular formula is C46H60N8O4. The van der Waals surface area contributed by atoms with Crippen molar-refractivity contribution in [2.24, 2.45) is 11.8 Å². The first-order valence-electron chi connectivity index (χ1n) is 21.9. The Morgan fingerprint density at radius 1 is 0.672 bits per heavy atom. The number of imidazole rings is 2. The fourth-order valence-corrected chi connectivity index (χ4v) is 10.3. The van der Waals surface area contributed by atoms with Crippen LogP contribution in [0.25, 0.3) is 33.6 Å². The SMILES string of the molecule is CCN(CC)[C@H]1CC[C@@H](C(=O)N2CCC[C@H]2c2ncc(-c3ccc(-c4ccc(-c5cnc([C@@H]6CCCN6C(=O)[C@H]6CCCC[C@H]6NC(=O)OC)[nH]5)cc4)cc3)[nH]2)CC1. The summed E-state index contributed by atoms with van der Waals surface area (Å²) in [6.07, 6.45) is 14.7. The zero-order valence-corrected chi connectivity index (χ0v) is 34.4. The molecule has 0 bridgehead atoms. The molecule has 12 nitrogen and oxygen atoms in total. The summed E-state index contributed by atoms with van der Waals surface area (Å²) in [4.78, 5) is 62.9. The van der Waals surface area contributed by atoms with E-state index >= 15 is 0 Å². The largest absolute Gasteiger partial charge is 0.453 e. The molecule has 0 unspecified atom stereocenters. The van der Waals surface area contributed by atoms with Crippen molar-refractivity contribution in [2.45, 2.75) is 115 Å². The number of methoxy groups -OCH3 is 1. The lowest BCUT2D eigenvalue weighted by Gasteiger charge is -2.37. The Bertz CT molecular complexity index is 2010. The number of carbonyl (C=O) groups is 3. The van der Waals surface area contributed by atoms with E-state index in [0.29, 0.717) is 18.5 Å². The number of nitrogens with one attached hydrogen (secondary N) is 3. The van der Waals surface area contributed by atoms with Crippen LogP contribution >= 0.6 is 0 Å². The Hall–Kier alpha value is -4.97. The van der Waals surface area contributed by atoms with Crippen molar-refractivity contribution in [3.8, 4) is 33.6 Å². The molecular weight excluding hydrogens is 729 g/mol. The molecule has 4 atom stereocenters. The van der Waals surface area contributed by atoms with Gasteiger partial charge < -0.3 is 34.7 Å². The summed E-state index contributed by atoms with van der Waals surface area (Å²) in [5.41, 5.74) is 6.20. The van der Waals surface area contributed by atoms with E-state index in [1.165, 1.54) is 7.11 Å². The van der Waals surface area contributed by atoms with E-state index in [4.69, 9.17) is 14.7 Å². The molecule has 2 saturated carbocycles. The summed E-state index contributed by atoms with van der Waals surface area (Å²) in [7, 11) is 1.36. The van der Waals surface area contributed by atoms with E-state index < -0.39 is 6.09 Å². The topological polar surface area (TPSA) is 140 Å². The first kappa shape index (κ1) is 39.8. The van der Waals surface area contributed by atoms with Crippen molar-refractivity contribution in [2.75, 3.05) is 33.3 Å². The van der Waals surface area contributed by atoms with E-state index in [9.17, 15) is 14.4 Å². The van der Waals surface area contributed by atoms with Crippen LogP contribution in [0, 0.1) is 11.8 Å². The number of ether oxygens (including phenoxy) is 1. The minimum Gasteiger partial charge on any atom is -0.453 e. The number of amides is 3. The fraction of sp³-hybridized carbons (Fsp3) is 0.543. The number of rotatable bonds is 11. The van der Waals surface area contributed by atoms with E-state index in [0.717, 1.165) is 142 Å². The lowest BCUT2D eigenvalue weighted by atomic mass is 9.83. The van der Waals surface area contributed by atoms with Crippen LogP contribution in [0.3, 0.4) is 0 Å². The average Bonchev–Trinajstić information content (AvgIpc) is 4.12. The van der Waals surface area contributed by atoms with Gasteiger partial charge in [-0.05, 0) is 99.6 Å². The normalized spacial score (nSPS) is 25.0. The van der Waals surface area contributed by atoms with Crippen molar-refractivity contribution >= 4 is 17.9 Å². The third kappa shape index (κ3) is 8.30. The number of hydrogen-bond acceptors (Lipinski definition) is 7. The summed E-state index contributed by atoms with van der Waals surface area (Å²) in [5, 5.41) is 2.91. The molecule has 2 saturated heterocycles. The van der Waals surface area contributed by atoms with Gasteiger partial charge in [0.25, 0.3) is 0 Å². The molecule has 308 valence electrons. The number of aromatic nitrogens is 4. The zero-order chi connectivity index (χ0) is 40.2. The van der Waals surface area contributed by atoms with Crippen LogP contribution < -0.4 is 5.32 Å². The molecule has 12 heteroatoms. The second-order valence-corrected chi connectivity index (χ2v) is 16.8. The molecule has 58 heavy (non-hydrogen) atoms. The smallest absolute Gasteiger partial charge is 0.407 e. The van der Waals surface area contributed by atoms with Gasteiger partial charge in [-0.15, -0.1) is 0 Å². The Balaban J connectivity index is 0.883. The quantitative estimate of drug-likeness (QED) is 0.139. The molecule has 8 rings (SSSR count). The Kier molecular flexibility index (Phi) is 12.3. The lowest BCUT2D eigenvalue weighted by Crippen LogP contribution is -2.49. The number of carbonyl (C=O) groups excluding carboxylic acids is 3. The molecule has 2 aliphatic carbocycles. The summed E-state index contributed by atoms with van der Waals surface area (Å²) in [6.45, 7) is 8.12. The summed E-state index contributed by atoms with van der Waals surface area (Å²) in [6, 6.07) is 17.3. The van der Waals surface area contributed by atoms with Crippen molar-refractivity contribution in [3.05, 3.63) is 72.6 Å². The van der Waals surface area contributed by atoms with Gasteiger partial charge in [-0.25, -0.2) is 14.8 Å². The van der Waals surface area contributed by atoms with Crippen LogP contribution in [-0.2, 0) is 14.3 Å². The zero-order valence-electron chi connectivity index (χ0n) is 34.4. The third-order valence-electron chi connectivity index (χ3n) is 13.6. The molecule has 4 heterocycles. The first-order valence-corrected chi connectivity index (χ1v) is 21.9. The van der Waals surface area contributed by atoms with E-state index in [1.807, 2.05) is 17.3 Å². The van der Waals surface area contributed by atoms with Gasteiger partial charge in [-0.2, -0.15) is 0 Å². The second-order valence-electron chi connectivity index (χ2n) is 16.8. The Labute approximate surface area is 342 Å². The molecule has 3 amide bonds. The van der Waals surface area contributed by atoms with Gasteiger partial charge in [0.05, 0.1) is 48.9 Å². The summed E-state index contributed by atoms with van der Waals surface area (Å²) in [5.74, 6) is 1.97. The molecule has 4 fully saturated rings. The Morgan fingerprint density at radius 3 is 1.69 bits per heavy atom. The number of aromatic amines is 2. The highest BCUT2D eigenvalue weighted by Gasteiger charge is 2.41. The maximum atomic E-state index is 13.9. The van der Waals surface area contributed by atoms with Gasteiger partial charge in [-0.1, -0.05) is 75.2 Å². The number of alkyl carbamates (subject to hydrolysis) is 1. The molecule has 4 aromatic rings. The number of nitrogens with zero attached hydrogens (tertiary/aromatic N) is 5. The average molecular weight is 789 g/mol. The van der Waals surface area contributed by atoms with Crippen LogP contribution in [0.1, 0.15) is 115 Å². The molecule has 0 spiro atoms. The maximum Gasteiger partial charge on any atom is 0.407 e. The van der Waals surface area contributed by atoms with Gasteiger partial charge in [0, 0.05) is 31.1 Å². The first-order chi connectivity index (χ1) is 28.3. The fourth-order valence-electron chi connectivity index (χ4n) is 10.3. The van der Waals surface area contributed by atoms with Crippen molar-refractivity contribution in [1.29, 1.82) is 0 Å². The number of likely N-dealkylation sites (tertiary alicyclic amines) is 2. The Morgan fingerprint density at radius 2 is 1.17 bits per heavy atom. The van der Waals surface area contributed by atoms with Gasteiger partial charge in [0.2, 0.25) is 11.8 Å². The number of hydrogen-bond donors (Lipinski definition) is 3. The van der Waals surface area contributed by atoms with E-state index in [2.05, 4.69) is 87.5 Å². The molecule has 2 aromatic carbocycles. The van der Waals surface area contributed by atoms with Crippen LogP contribution in [-0.4, -0.2) is 97.9 Å². The van der Waals surface area contributed by atoms with Crippen molar-refractivity contribution in [1.82, 2.24) is 40.0 Å². The molecule has 3 N–H and O–H groups in total. The van der Waals surface area contributed by atoms with Gasteiger partial charge in [0.1, 0.15) is 11.6 Å². The highest BCUT2D eigenvalue weighted by atomic mass is 16.5. The minimum atomic E-state index is -0.482. The number of H-pyrrole nitrogens is 2. The lowest BCUT2D eigenvalue weighted by molar-refractivity contribution is -0.139. The van der Waals surface area contributed by atoms with Crippen molar-refractivity contribution < 1.29 is 19.1 Å². The number of benzene rings is 2. The predicted octanol–water partition coefficient (Wildman–Crippen LogP) is 8.28. The standard InChI is InChI=1S/C46H60N8O4/c1-4-52(5-2)35-24-22-34(23-25-35)44(55)53-26-8-12-40(53)42-47-28-38(49-42)32-18-14-30(15-19-32)31-16-20-33(21-17-31)39-29-48-43(50-39)41-13-9-27-54(41)45(56)36-10-6-7-11-37(36)51-46(57)58-3/h14-21,28-29,34-37,40-41H,4-13,22-27H2,1-3H3,(H,47,49)(H,48,50)(H,51,57)/t34-,35+,36-,37+,40-,41-/m0/s1. The van der Waals surface area contributed by atoms with E-state index in [1.54, 1.807) is 0 Å². The van der Waals surface area contributed by atoms with Crippen LogP contribution in [0.4, 0.5) is 4.79 Å². The molecule has 4 aliphatic rings. The van der Waals surface area contributed by atoms with Crippen LogP contribution in [0.2, 0.25) is 0 Å². The van der Waals surface area contributed by atoms with Crippen molar-refractivity contribution in [3.63, 3.8) is 0 Å². The highest BCUT2D eigenvalue weighted by Crippen LogP contribution is 2.38. The highest BCUT2D eigenvalue weighted by molar-refractivity contribution is 5.82. The van der Waals surface area contributed by atoms with Gasteiger partial charge in [0.15, 0.2) is 0 Å².